The molecular formula is C19H19N3O4S2. The van der Waals surface area contributed by atoms with E-state index < -0.39 is 5.97 Å². The van der Waals surface area contributed by atoms with Crippen molar-refractivity contribution in [2.75, 3.05) is 19.4 Å². The molecule has 3 aromatic rings. The fraction of sp³-hybridized carbons (Fsp3) is 0.263. The molecule has 0 aliphatic rings. The molecule has 3 rings (SSSR count). The van der Waals surface area contributed by atoms with Gasteiger partial charge in [-0.25, -0.2) is 4.98 Å². The summed E-state index contributed by atoms with van der Waals surface area (Å²) >= 11 is 2.77. The third-order valence-corrected chi connectivity index (χ3v) is 5.86. The maximum Gasteiger partial charge on any atom is 0.325 e. The first-order chi connectivity index (χ1) is 13.6. The topological polar surface area (TPSA) is 90.3 Å². The molecule has 0 aliphatic carbocycles. The van der Waals surface area contributed by atoms with E-state index in [0.717, 1.165) is 18.2 Å². The Bertz CT molecular complexity index is 1030. The summed E-state index contributed by atoms with van der Waals surface area (Å²) in [6.45, 7) is 0.287. The molecule has 2 heterocycles. The molecule has 146 valence electrons. The third kappa shape index (κ3) is 4.99. The van der Waals surface area contributed by atoms with Gasteiger partial charge in [0.15, 0.2) is 5.16 Å². The molecule has 1 aromatic carbocycles. The molecule has 0 atom stereocenters. The summed E-state index contributed by atoms with van der Waals surface area (Å²) in [5.41, 5.74) is 0.186. The summed E-state index contributed by atoms with van der Waals surface area (Å²) in [7, 11) is 1.26. The van der Waals surface area contributed by atoms with Crippen LogP contribution in [0.5, 0.6) is 0 Å². The van der Waals surface area contributed by atoms with E-state index in [1.54, 1.807) is 35.6 Å². The molecule has 7 nitrogen and oxygen atoms in total. The number of benzene rings is 1. The van der Waals surface area contributed by atoms with Crippen LogP contribution in [0.4, 0.5) is 0 Å². The lowest BCUT2D eigenvalue weighted by Crippen LogP contribution is -2.29. The van der Waals surface area contributed by atoms with Crippen LogP contribution in [-0.4, -0.2) is 40.8 Å². The molecule has 0 spiro atoms. The number of methoxy groups -OCH3 is 1. The van der Waals surface area contributed by atoms with E-state index in [2.05, 4.69) is 15.0 Å². The van der Waals surface area contributed by atoms with Crippen molar-refractivity contribution < 1.29 is 14.3 Å². The lowest BCUT2D eigenvalue weighted by Gasteiger charge is -2.12. The van der Waals surface area contributed by atoms with Crippen LogP contribution in [0.3, 0.4) is 0 Å². The number of nitrogens with one attached hydrogen (secondary N) is 1. The molecule has 28 heavy (non-hydrogen) atoms. The Morgan fingerprint density at radius 3 is 2.82 bits per heavy atom. The minimum absolute atomic E-state index is 0.0936. The third-order valence-electron chi connectivity index (χ3n) is 3.95. The molecule has 0 saturated carbocycles. The normalized spacial score (nSPS) is 10.8. The van der Waals surface area contributed by atoms with Gasteiger partial charge in [0.05, 0.1) is 23.8 Å². The SMILES string of the molecule is COC(=O)Cn1c(SCC(=O)NCCc2cccs2)nc2ccccc2c1=O. The second kappa shape index (κ2) is 9.52. The Morgan fingerprint density at radius 1 is 1.25 bits per heavy atom. The number of nitrogens with zero attached hydrogens (tertiary/aromatic N) is 2. The number of aromatic nitrogens is 2. The largest absolute Gasteiger partial charge is 0.468 e. The molecule has 2 aromatic heterocycles. The molecule has 0 bridgehead atoms. The number of amides is 1. The summed E-state index contributed by atoms with van der Waals surface area (Å²) in [6.07, 6.45) is 0.773. The molecule has 0 aliphatic heterocycles. The zero-order chi connectivity index (χ0) is 19.9. The van der Waals surface area contributed by atoms with E-state index in [1.165, 1.54) is 16.6 Å². The van der Waals surface area contributed by atoms with Gasteiger partial charge in [-0.05, 0) is 30.0 Å². The zero-order valence-electron chi connectivity index (χ0n) is 15.2. The number of para-hydroxylation sites is 1. The first-order valence-electron chi connectivity index (χ1n) is 8.56. The summed E-state index contributed by atoms with van der Waals surface area (Å²) in [5.74, 6) is -0.619. The molecule has 0 radical (unpaired) electrons. The minimum Gasteiger partial charge on any atom is -0.468 e. The van der Waals surface area contributed by atoms with Crippen LogP contribution < -0.4 is 10.9 Å². The van der Waals surface area contributed by atoms with Crippen molar-refractivity contribution in [1.82, 2.24) is 14.9 Å². The number of hydrogen-bond acceptors (Lipinski definition) is 7. The summed E-state index contributed by atoms with van der Waals surface area (Å²) in [5, 5.41) is 5.57. The molecule has 0 saturated heterocycles. The van der Waals surface area contributed by atoms with Crippen molar-refractivity contribution in [3.63, 3.8) is 0 Å². The van der Waals surface area contributed by atoms with Crippen LogP contribution >= 0.6 is 23.1 Å². The Labute approximate surface area is 169 Å². The lowest BCUT2D eigenvalue weighted by molar-refractivity contribution is -0.141. The van der Waals surface area contributed by atoms with Crippen molar-refractivity contribution in [2.24, 2.45) is 0 Å². The van der Waals surface area contributed by atoms with E-state index in [4.69, 9.17) is 0 Å². The quantitative estimate of drug-likeness (QED) is 0.343. The maximum absolute atomic E-state index is 12.8. The second-order valence-electron chi connectivity index (χ2n) is 5.85. The highest BCUT2D eigenvalue weighted by molar-refractivity contribution is 7.99. The van der Waals surface area contributed by atoms with Crippen LogP contribution in [-0.2, 0) is 27.3 Å². The Hall–Kier alpha value is -2.65. The van der Waals surface area contributed by atoms with E-state index in [-0.39, 0.29) is 23.8 Å². The highest BCUT2D eigenvalue weighted by Crippen LogP contribution is 2.18. The van der Waals surface area contributed by atoms with Gasteiger partial charge in [0.2, 0.25) is 5.91 Å². The Morgan fingerprint density at radius 2 is 2.07 bits per heavy atom. The molecular weight excluding hydrogens is 398 g/mol. The first-order valence-corrected chi connectivity index (χ1v) is 10.4. The predicted octanol–water partition coefficient (Wildman–Crippen LogP) is 2.08. The van der Waals surface area contributed by atoms with Gasteiger partial charge in [0.25, 0.3) is 5.56 Å². The van der Waals surface area contributed by atoms with Crippen LogP contribution in [0.25, 0.3) is 10.9 Å². The highest BCUT2D eigenvalue weighted by Gasteiger charge is 2.15. The predicted molar refractivity (Wildman–Crippen MR) is 110 cm³/mol. The van der Waals surface area contributed by atoms with Crippen molar-refractivity contribution >= 4 is 45.9 Å². The van der Waals surface area contributed by atoms with Gasteiger partial charge >= 0.3 is 5.97 Å². The summed E-state index contributed by atoms with van der Waals surface area (Å²) in [6, 6.07) is 10.9. The fourth-order valence-electron chi connectivity index (χ4n) is 2.55. The average molecular weight is 418 g/mol. The van der Waals surface area contributed by atoms with Gasteiger partial charge in [-0.3, -0.25) is 19.0 Å². The average Bonchev–Trinajstić information content (AvgIpc) is 3.22. The number of carbonyl (C=O) groups excluding carboxylic acids is 2. The number of thioether (sulfide) groups is 1. The lowest BCUT2D eigenvalue weighted by atomic mass is 10.2. The Balaban J connectivity index is 1.71. The molecule has 1 N–H and O–H groups in total. The van der Waals surface area contributed by atoms with Crippen molar-refractivity contribution in [2.45, 2.75) is 18.1 Å². The molecule has 9 heteroatoms. The van der Waals surface area contributed by atoms with Crippen molar-refractivity contribution in [3.8, 4) is 0 Å². The summed E-state index contributed by atoms with van der Waals surface area (Å²) < 4.78 is 5.92. The van der Waals surface area contributed by atoms with E-state index >= 15 is 0 Å². The number of fused-ring (bicyclic) bond motifs is 1. The van der Waals surface area contributed by atoms with Gasteiger partial charge in [0, 0.05) is 11.4 Å². The van der Waals surface area contributed by atoms with Gasteiger partial charge in [-0.1, -0.05) is 30.0 Å². The van der Waals surface area contributed by atoms with Gasteiger partial charge in [-0.15, -0.1) is 11.3 Å². The van der Waals surface area contributed by atoms with E-state index in [9.17, 15) is 14.4 Å². The Kier molecular flexibility index (Phi) is 6.83. The van der Waals surface area contributed by atoms with Gasteiger partial charge in [0.1, 0.15) is 6.54 Å². The van der Waals surface area contributed by atoms with Crippen LogP contribution in [0.2, 0.25) is 0 Å². The highest BCUT2D eigenvalue weighted by atomic mass is 32.2. The molecule has 0 fully saturated rings. The van der Waals surface area contributed by atoms with E-state index in [1.807, 2.05) is 17.5 Å². The fourth-order valence-corrected chi connectivity index (χ4v) is 4.09. The molecule has 1 amide bonds. The van der Waals surface area contributed by atoms with Crippen LogP contribution in [0.15, 0.2) is 51.7 Å². The van der Waals surface area contributed by atoms with Gasteiger partial charge in [-0.2, -0.15) is 0 Å². The standard InChI is InChI=1S/C19H19N3O4S2/c1-26-17(24)11-22-18(25)14-6-2-3-7-15(14)21-19(22)28-12-16(23)20-9-8-13-5-4-10-27-13/h2-7,10H,8-9,11-12H2,1H3,(H,20,23). The molecule has 0 unspecified atom stereocenters. The number of rotatable bonds is 8. The minimum atomic E-state index is -0.554. The van der Waals surface area contributed by atoms with Crippen molar-refractivity contribution in [1.29, 1.82) is 0 Å². The monoisotopic (exact) mass is 417 g/mol. The smallest absolute Gasteiger partial charge is 0.325 e. The zero-order valence-corrected chi connectivity index (χ0v) is 16.8. The maximum atomic E-state index is 12.8. The number of hydrogen-bond donors (Lipinski definition) is 1. The second-order valence-corrected chi connectivity index (χ2v) is 7.82. The number of ether oxygens (including phenoxy) is 1. The van der Waals surface area contributed by atoms with Crippen molar-refractivity contribution in [3.05, 3.63) is 57.0 Å². The number of esters is 1. The van der Waals surface area contributed by atoms with E-state index in [0.29, 0.717) is 22.6 Å². The van der Waals surface area contributed by atoms with Crippen LogP contribution in [0, 0.1) is 0 Å². The summed E-state index contributed by atoms with van der Waals surface area (Å²) in [4.78, 5) is 42.3. The van der Waals surface area contributed by atoms with Crippen LogP contribution in [0.1, 0.15) is 4.88 Å². The van der Waals surface area contributed by atoms with Gasteiger partial charge < -0.3 is 10.1 Å². The first kappa shape index (κ1) is 20.1. The number of thiophene rings is 1. The number of carbonyl (C=O) groups is 2.